The minimum Gasteiger partial charge on any atom is -0.299 e. The minimum atomic E-state index is 0.516. The lowest BCUT2D eigenvalue weighted by Crippen LogP contribution is -2.08. The predicted octanol–water partition coefficient (Wildman–Crippen LogP) is 3.96. The molecule has 2 atom stereocenters. The van der Waals surface area contributed by atoms with Gasteiger partial charge in [0, 0.05) is 0 Å². The molecule has 86 valence electrons. The van der Waals surface area contributed by atoms with E-state index >= 15 is 0 Å². The van der Waals surface area contributed by atoms with Crippen LogP contribution in [0.25, 0.3) is 0 Å². The van der Waals surface area contributed by atoms with Crippen molar-refractivity contribution in [3.8, 4) is 0 Å². The lowest BCUT2D eigenvalue weighted by molar-refractivity contribution is -0.104. The number of rotatable bonds is 6. The van der Waals surface area contributed by atoms with Crippen molar-refractivity contribution in [2.75, 3.05) is 0 Å². The molecule has 16 heavy (non-hydrogen) atoms. The van der Waals surface area contributed by atoms with E-state index in [0.29, 0.717) is 11.8 Å². The zero-order valence-electron chi connectivity index (χ0n) is 10.1. The average Bonchev–Trinajstić information content (AvgIpc) is 2.35. The van der Waals surface area contributed by atoms with Crippen molar-refractivity contribution < 1.29 is 4.79 Å². The van der Waals surface area contributed by atoms with Crippen LogP contribution in [-0.4, -0.2) is 6.29 Å². The molecule has 0 N–H and O–H groups in total. The van der Waals surface area contributed by atoms with Crippen molar-refractivity contribution in [1.82, 2.24) is 0 Å². The molecule has 0 aliphatic carbocycles. The number of hydrogen-bond acceptors (Lipinski definition) is 1. The monoisotopic (exact) mass is 216 g/mol. The first-order valence-electron chi connectivity index (χ1n) is 5.94. The Bertz CT molecular complexity index is 327. The van der Waals surface area contributed by atoms with Gasteiger partial charge in [0.2, 0.25) is 0 Å². The van der Waals surface area contributed by atoms with Gasteiger partial charge < -0.3 is 0 Å². The number of allylic oxidation sites excluding steroid dienone is 2. The maximum absolute atomic E-state index is 10.3. The van der Waals surface area contributed by atoms with Crippen LogP contribution in [0.2, 0.25) is 0 Å². The van der Waals surface area contributed by atoms with E-state index in [9.17, 15) is 4.79 Å². The van der Waals surface area contributed by atoms with Crippen LogP contribution >= 0.6 is 0 Å². The number of hydrogen-bond donors (Lipinski definition) is 0. The van der Waals surface area contributed by atoms with E-state index in [0.717, 1.165) is 19.1 Å². The van der Waals surface area contributed by atoms with E-state index in [1.54, 1.807) is 6.08 Å². The SMILES string of the molecule is CCC(C)C(C/C=C/C=O)c1ccccc1. The first-order chi connectivity index (χ1) is 7.79. The fourth-order valence-electron chi connectivity index (χ4n) is 1.96. The van der Waals surface area contributed by atoms with Gasteiger partial charge in [0.05, 0.1) is 0 Å². The molecule has 1 heteroatoms. The Morgan fingerprint density at radius 3 is 2.50 bits per heavy atom. The highest BCUT2D eigenvalue weighted by molar-refractivity contribution is 5.64. The van der Waals surface area contributed by atoms with Crippen molar-refractivity contribution in [2.24, 2.45) is 5.92 Å². The highest BCUT2D eigenvalue weighted by Crippen LogP contribution is 2.30. The third kappa shape index (κ3) is 3.65. The number of carbonyl (C=O) groups is 1. The van der Waals surface area contributed by atoms with Crippen LogP contribution in [0.1, 0.15) is 38.2 Å². The Labute approximate surface area is 98.2 Å². The maximum Gasteiger partial charge on any atom is 0.142 e. The molecule has 1 aromatic rings. The van der Waals surface area contributed by atoms with Crippen LogP contribution in [0.15, 0.2) is 42.5 Å². The zero-order valence-corrected chi connectivity index (χ0v) is 10.1. The Morgan fingerprint density at radius 2 is 1.94 bits per heavy atom. The van der Waals surface area contributed by atoms with Crippen molar-refractivity contribution in [3.63, 3.8) is 0 Å². The standard InChI is InChI=1S/C15H20O/c1-3-13(2)15(11-7-8-12-16)14-9-5-4-6-10-14/h4-10,12-13,15H,3,11H2,1-2H3/b8-7+. The zero-order chi connectivity index (χ0) is 11.8. The van der Waals surface area contributed by atoms with Crippen LogP contribution in [0.5, 0.6) is 0 Å². The molecule has 1 rings (SSSR count). The summed E-state index contributed by atoms with van der Waals surface area (Å²) in [5.41, 5.74) is 1.37. The van der Waals surface area contributed by atoms with Gasteiger partial charge in [0.15, 0.2) is 0 Å². The number of benzene rings is 1. The number of aldehydes is 1. The first-order valence-corrected chi connectivity index (χ1v) is 5.94. The summed E-state index contributed by atoms with van der Waals surface area (Å²) in [6.45, 7) is 4.48. The highest BCUT2D eigenvalue weighted by Gasteiger charge is 2.15. The highest BCUT2D eigenvalue weighted by atomic mass is 16.1. The van der Waals surface area contributed by atoms with Crippen LogP contribution < -0.4 is 0 Å². The van der Waals surface area contributed by atoms with E-state index in [1.165, 1.54) is 5.56 Å². The van der Waals surface area contributed by atoms with Gasteiger partial charge in [0.1, 0.15) is 6.29 Å². The normalized spacial score (nSPS) is 14.9. The second-order valence-corrected chi connectivity index (χ2v) is 4.20. The fraction of sp³-hybridized carbons (Fsp3) is 0.400. The Kier molecular flexibility index (Phi) is 5.55. The van der Waals surface area contributed by atoms with Crippen molar-refractivity contribution in [3.05, 3.63) is 48.0 Å². The largest absolute Gasteiger partial charge is 0.299 e. The van der Waals surface area contributed by atoms with Crippen LogP contribution in [0.4, 0.5) is 0 Å². The summed E-state index contributed by atoms with van der Waals surface area (Å²) < 4.78 is 0. The molecule has 1 nitrogen and oxygen atoms in total. The summed E-state index contributed by atoms with van der Waals surface area (Å²) in [6, 6.07) is 10.5. The topological polar surface area (TPSA) is 17.1 Å². The Hall–Kier alpha value is -1.37. The van der Waals surface area contributed by atoms with E-state index in [1.807, 2.05) is 12.1 Å². The minimum absolute atomic E-state index is 0.516. The molecule has 0 bridgehead atoms. The molecule has 2 unspecified atom stereocenters. The van der Waals surface area contributed by atoms with Gasteiger partial charge in [-0.15, -0.1) is 0 Å². The van der Waals surface area contributed by atoms with E-state index in [2.05, 4.69) is 38.1 Å². The van der Waals surface area contributed by atoms with Crippen molar-refractivity contribution >= 4 is 6.29 Å². The lowest BCUT2D eigenvalue weighted by Gasteiger charge is -2.22. The Morgan fingerprint density at radius 1 is 1.25 bits per heavy atom. The predicted molar refractivity (Wildman–Crippen MR) is 68.5 cm³/mol. The molecule has 0 fully saturated rings. The average molecular weight is 216 g/mol. The first kappa shape index (κ1) is 12.7. The molecule has 0 radical (unpaired) electrons. The van der Waals surface area contributed by atoms with Gasteiger partial charge in [-0.1, -0.05) is 56.7 Å². The third-order valence-corrected chi connectivity index (χ3v) is 3.16. The molecule has 1 aromatic carbocycles. The second kappa shape index (κ2) is 7.00. The quantitative estimate of drug-likeness (QED) is 0.519. The number of carbonyl (C=O) groups excluding carboxylic acids is 1. The van der Waals surface area contributed by atoms with Crippen molar-refractivity contribution in [1.29, 1.82) is 0 Å². The molecule has 0 aromatic heterocycles. The van der Waals surface area contributed by atoms with Crippen LogP contribution in [0.3, 0.4) is 0 Å². The molecule has 0 spiro atoms. The summed E-state index contributed by atoms with van der Waals surface area (Å²) in [4.78, 5) is 10.3. The molecular weight excluding hydrogens is 196 g/mol. The second-order valence-electron chi connectivity index (χ2n) is 4.20. The van der Waals surface area contributed by atoms with Gasteiger partial charge in [-0.25, -0.2) is 0 Å². The molecule has 0 aliphatic heterocycles. The maximum atomic E-state index is 10.3. The van der Waals surface area contributed by atoms with E-state index in [4.69, 9.17) is 0 Å². The molecule has 0 saturated heterocycles. The molecule has 0 heterocycles. The molecular formula is C15H20O. The van der Waals surface area contributed by atoms with Gasteiger partial charge in [-0.3, -0.25) is 4.79 Å². The summed E-state index contributed by atoms with van der Waals surface area (Å²) in [6.07, 6.45) is 6.51. The van der Waals surface area contributed by atoms with Gasteiger partial charge in [-0.05, 0) is 29.9 Å². The smallest absolute Gasteiger partial charge is 0.142 e. The van der Waals surface area contributed by atoms with Gasteiger partial charge >= 0.3 is 0 Å². The third-order valence-electron chi connectivity index (χ3n) is 3.16. The summed E-state index contributed by atoms with van der Waals surface area (Å²) in [5, 5.41) is 0. The van der Waals surface area contributed by atoms with Crippen LogP contribution in [-0.2, 0) is 4.79 Å². The Balaban J connectivity index is 2.79. The van der Waals surface area contributed by atoms with E-state index < -0.39 is 0 Å². The van der Waals surface area contributed by atoms with E-state index in [-0.39, 0.29) is 0 Å². The van der Waals surface area contributed by atoms with Gasteiger partial charge in [0.25, 0.3) is 0 Å². The van der Waals surface area contributed by atoms with Crippen molar-refractivity contribution in [2.45, 2.75) is 32.6 Å². The molecule has 0 saturated carbocycles. The summed E-state index contributed by atoms with van der Waals surface area (Å²) >= 11 is 0. The molecule has 0 aliphatic rings. The lowest BCUT2D eigenvalue weighted by atomic mass is 9.83. The summed E-state index contributed by atoms with van der Waals surface area (Å²) in [5.74, 6) is 1.15. The summed E-state index contributed by atoms with van der Waals surface area (Å²) in [7, 11) is 0. The fourth-order valence-corrected chi connectivity index (χ4v) is 1.96. The van der Waals surface area contributed by atoms with Crippen LogP contribution in [0, 0.1) is 5.92 Å². The molecule has 0 amide bonds. The van der Waals surface area contributed by atoms with Gasteiger partial charge in [-0.2, -0.15) is 0 Å².